The van der Waals surface area contributed by atoms with E-state index in [1.54, 1.807) is 0 Å². The molecule has 2 heterocycles. The summed E-state index contributed by atoms with van der Waals surface area (Å²) in [4.78, 5) is 4.15. The van der Waals surface area contributed by atoms with Crippen LogP contribution in [-0.4, -0.2) is 45.6 Å². The van der Waals surface area contributed by atoms with Gasteiger partial charge < -0.3 is 21.1 Å². The minimum absolute atomic E-state index is 0.00507. The van der Waals surface area contributed by atoms with E-state index in [1.807, 2.05) is 0 Å². The first-order valence-electron chi connectivity index (χ1n) is 10.6. The number of H-pyrrole nitrogens is 1. The third-order valence-corrected chi connectivity index (χ3v) is 7.00. The molecule has 1 aliphatic rings. The first-order valence-corrected chi connectivity index (χ1v) is 12.1. The molecule has 1 aromatic heterocycles. The fourth-order valence-electron chi connectivity index (χ4n) is 3.79. The van der Waals surface area contributed by atoms with Crippen LogP contribution in [0.5, 0.6) is 5.75 Å². The number of anilines is 3. The van der Waals surface area contributed by atoms with E-state index < -0.39 is 22.7 Å². The number of piperidine rings is 1. The number of nitrogens with one attached hydrogen (secondary N) is 4. The van der Waals surface area contributed by atoms with Crippen LogP contribution in [0.2, 0.25) is 5.02 Å². The lowest BCUT2D eigenvalue weighted by molar-refractivity contribution is -0.137. The Bertz CT molecular complexity index is 1230. The summed E-state index contributed by atoms with van der Waals surface area (Å²) in [5, 5.41) is 11.9. The number of aromatic amines is 1. The van der Waals surface area contributed by atoms with Crippen molar-refractivity contribution in [2.75, 3.05) is 31.2 Å². The first kappa shape index (κ1) is 25.2. The largest absolute Gasteiger partial charge is 0.495 e. The van der Waals surface area contributed by atoms with Crippen molar-refractivity contribution in [1.82, 2.24) is 25.2 Å². The third kappa shape index (κ3) is 5.86. The minimum Gasteiger partial charge on any atom is -0.495 e. The van der Waals surface area contributed by atoms with E-state index in [1.165, 1.54) is 31.4 Å². The maximum Gasteiger partial charge on any atom is 0.417 e. The molecule has 0 radical (unpaired) electrons. The summed E-state index contributed by atoms with van der Waals surface area (Å²) in [6, 6.07) is 6.63. The van der Waals surface area contributed by atoms with Crippen LogP contribution in [-0.2, 0) is 17.2 Å². The van der Waals surface area contributed by atoms with Gasteiger partial charge in [-0.3, -0.25) is 0 Å². The molecule has 1 unspecified atom stereocenters. The quantitative estimate of drug-likeness (QED) is 0.314. The van der Waals surface area contributed by atoms with Crippen LogP contribution in [0.15, 0.2) is 35.2 Å². The third-order valence-electron chi connectivity index (χ3n) is 5.42. The van der Waals surface area contributed by atoms with Gasteiger partial charge in [-0.25, -0.2) is 14.0 Å². The van der Waals surface area contributed by atoms with Crippen LogP contribution in [0.25, 0.3) is 11.1 Å². The number of ether oxygens (including phenoxy) is 1. The molecular formula is C21H23ClF3N7O2S. The lowest BCUT2D eigenvalue weighted by Crippen LogP contribution is -2.40. The molecular weight excluding hydrogens is 507 g/mol. The van der Waals surface area contributed by atoms with Gasteiger partial charge in [-0.05, 0) is 55.8 Å². The molecule has 2 aromatic carbocycles. The summed E-state index contributed by atoms with van der Waals surface area (Å²) >= 11 is 6.34. The molecule has 6 N–H and O–H groups in total. The van der Waals surface area contributed by atoms with Crippen LogP contribution in [0.1, 0.15) is 18.4 Å². The Labute approximate surface area is 206 Å². The SMILES string of the molecule is COc1cc(-c2c(Cl)cc(Nc3n[nH]c(N)n3)cc2C(F)(F)F)ccc1S(=O)NC1CCNCC1. The second-order valence-electron chi connectivity index (χ2n) is 7.82. The Morgan fingerprint density at radius 1 is 1.23 bits per heavy atom. The molecule has 0 aliphatic carbocycles. The van der Waals surface area contributed by atoms with Crippen molar-refractivity contribution in [3.8, 4) is 16.9 Å². The maximum atomic E-state index is 14.0. The molecule has 0 spiro atoms. The van der Waals surface area contributed by atoms with Crippen molar-refractivity contribution in [2.24, 2.45) is 0 Å². The summed E-state index contributed by atoms with van der Waals surface area (Å²) in [5.41, 5.74) is 4.44. The average molecular weight is 530 g/mol. The smallest absolute Gasteiger partial charge is 0.417 e. The molecule has 0 amide bonds. The number of rotatable bonds is 7. The highest BCUT2D eigenvalue weighted by atomic mass is 35.5. The van der Waals surface area contributed by atoms with Crippen molar-refractivity contribution in [1.29, 1.82) is 0 Å². The number of halogens is 4. The fourth-order valence-corrected chi connectivity index (χ4v) is 5.30. The van der Waals surface area contributed by atoms with Gasteiger partial charge in [-0.15, -0.1) is 5.10 Å². The highest BCUT2D eigenvalue weighted by Gasteiger charge is 2.36. The van der Waals surface area contributed by atoms with E-state index in [2.05, 4.69) is 30.5 Å². The fraction of sp³-hybridized carbons (Fsp3) is 0.333. The number of nitrogens with zero attached hydrogens (tertiary/aromatic N) is 2. The summed E-state index contributed by atoms with van der Waals surface area (Å²) in [6.45, 7) is 1.64. The summed E-state index contributed by atoms with van der Waals surface area (Å²) in [6.07, 6.45) is -3.09. The number of hydrogen-bond acceptors (Lipinski definition) is 7. The lowest BCUT2D eigenvalue weighted by Gasteiger charge is -2.23. The van der Waals surface area contributed by atoms with Gasteiger partial charge in [-0.2, -0.15) is 18.2 Å². The maximum absolute atomic E-state index is 14.0. The Hall–Kier alpha value is -2.87. The molecule has 188 valence electrons. The molecule has 35 heavy (non-hydrogen) atoms. The van der Waals surface area contributed by atoms with E-state index in [0.717, 1.165) is 32.0 Å². The number of hydrogen-bond donors (Lipinski definition) is 5. The number of nitrogens with two attached hydrogens (primary N) is 1. The minimum atomic E-state index is -4.72. The van der Waals surface area contributed by atoms with Gasteiger partial charge in [0.25, 0.3) is 0 Å². The zero-order valence-corrected chi connectivity index (χ0v) is 20.1. The summed E-state index contributed by atoms with van der Waals surface area (Å²) in [7, 11) is -0.237. The van der Waals surface area contributed by atoms with Crippen molar-refractivity contribution < 1.29 is 22.1 Å². The monoisotopic (exact) mass is 529 g/mol. The van der Waals surface area contributed by atoms with Crippen molar-refractivity contribution in [3.63, 3.8) is 0 Å². The van der Waals surface area contributed by atoms with Crippen LogP contribution in [0, 0.1) is 0 Å². The van der Waals surface area contributed by atoms with Gasteiger partial charge in [0, 0.05) is 17.3 Å². The molecule has 1 fully saturated rings. The number of nitrogen functional groups attached to an aromatic ring is 1. The highest BCUT2D eigenvalue weighted by molar-refractivity contribution is 7.83. The van der Waals surface area contributed by atoms with E-state index in [-0.39, 0.29) is 45.5 Å². The Morgan fingerprint density at radius 2 is 1.97 bits per heavy atom. The molecule has 9 nitrogen and oxygen atoms in total. The van der Waals surface area contributed by atoms with Gasteiger partial charge in [-0.1, -0.05) is 17.7 Å². The first-order chi connectivity index (χ1) is 16.7. The Morgan fingerprint density at radius 3 is 2.60 bits per heavy atom. The molecule has 1 atom stereocenters. The summed E-state index contributed by atoms with van der Waals surface area (Å²) < 4.78 is 63.5. The predicted octanol–water partition coefficient (Wildman–Crippen LogP) is 3.84. The van der Waals surface area contributed by atoms with Crippen LogP contribution in [0.4, 0.5) is 30.8 Å². The highest BCUT2D eigenvalue weighted by Crippen LogP contribution is 2.44. The zero-order chi connectivity index (χ0) is 25.2. The van der Waals surface area contributed by atoms with Crippen LogP contribution < -0.4 is 25.8 Å². The van der Waals surface area contributed by atoms with Crippen LogP contribution in [0.3, 0.4) is 0 Å². The van der Waals surface area contributed by atoms with Crippen molar-refractivity contribution >= 4 is 40.2 Å². The van der Waals surface area contributed by atoms with Gasteiger partial charge in [0.2, 0.25) is 11.9 Å². The topological polar surface area (TPSA) is 130 Å². The van der Waals surface area contributed by atoms with Gasteiger partial charge in [0.1, 0.15) is 16.7 Å². The molecule has 3 aromatic rings. The van der Waals surface area contributed by atoms with Crippen molar-refractivity contribution in [2.45, 2.75) is 30.0 Å². The Balaban J connectivity index is 1.69. The van der Waals surface area contributed by atoms with Gasteiger partial charge >= 0.3 is 6.18 Å². The predicted molar refractivity (Wildman–Crippen MR) is 128 cm³/mol. The second-order valence-corrected chi connectivity index (χ2v) is 9.44. The molecule has 1 saturated heterocycles. The number of benzene rings is 2. The second kappa shape index (κ2) is 10.4. The number of aromatic nitrogens is 3. The molecule has 0 bridgehead atoms. The molecule has 0 saturated carbocycles. The Kier molecular flexibility index (Phi) is 7.50. The lowest BCUT2D eigenvalue weighted by atomic mass is 9.98. The van der Waals surface area contributed by atoms with E-state index in [9.17, 15) is 17.4 Å². The van der Waals surface area contributed by atoms with E-state index in [0.29, 0.717) is 4.90 Å². The van der Waals surface area contributed by atoms with E-state index >= 15 is 0 Å². The normalized spacial score (nSPS) is 15.7. The van der Waals surface area contributed by atoms with Crippen molar-refractivity contribution in [3.05, 3.63) is 40.9 Å². The summed E-state index contributed by atoms with van der Waals surface area (Å²) in [5.74, 6) is 0.185. The van der Waals surface area contributed by atoms with E-state index in [4.69, 9.17) is 22.1 Å². The van der Waals surface area contributed by atoms with Gasteiger partial charge in [0.05, 0.1) is 22.6 Å². The molecule has 4 rings (SSSR count). The number of methoxy groups -OCH3 is 1. The molecule has 14 heteroatoms. The van der Waals surface area contributed by atoms with Crippen LogP contribution >= 0.6 is 11.6 Å². The number of alkyl halides is 3. The average Bonchev–Trinajstić information content (AvgIpc) is 3.22. The molecule has 1 aliphatic heterocycles. The standard InChI is InChI=1S/C21H23ClF3N7O2S/c1-34-16-8-11(2-3-17(16)35(33)32-12-4-6-27-7-5-12)18-14(21(23,24)25)9-13(10-15(18)22)28-20-29-19(26)30-31-20/h2-3,8-10,12,27,32H,4-7H2,1H3,(H4,26,28,29,30,31). The zero-order valence-electron chi connectivity index (χ0n) is 18.5. The van der Waals surface area contributed by atoms with Gasteiger partial charge in [0.15, 0.2) is 0 Å².